The maximum absolute atomic E-state index is 13.6. The Hall–Kier alpha value is -2.78. The number of alkyl halides is 1. The van der Waals surface area contributed by atoms with E-state index in [9.17, 15) is 14.7 Å². The van der Waals surface area contributed by atoms with E-state index in [2.05, 4.69) is 22.9 Å². The number of carbonyl (C=O) groups is 2. The van der Waals surface area contributed by atoms with E-state index in [1.807, 2.05) is 52.3 Å². The molecule has 0 spiro atoms. The van der Waals surface area contributed by atoms with Crippen LogP contribution in [0.4, 0.5) is 0 Å². The third kappa shape index (κ3) is 6.43. The topological polar surface area (TPSA) is 88.5 Å². The molecule has 1 N–H and O–H groups in total. The first kappa shape index (κ1) is 28.2. The van der Waals surface area contributed by atoms with Crippen LogP contribution < -0.4 is 14.2 Å². The first-order valence-electron chi connectivity index (χ1n) is 13.3. The largest absolute Gasteiger partial charge is 0.497 e. The van der Waals surface area contributed by atoms with Gasteiger partial charge in [-0.25, -0.2) is 0 Å². The van der Waals surface area contributed by atoms with E-state index in [0.717, 1.165) is 42.1 Å². The zero-order valence-corrected chi connectivity index (χ0v) is 23.7. The van der Waals surface area contributed by atoms with Gasteiger partial charge in [0.05, 0.1) is 19.6 Å². The number of rotatable bonds is 13. The van der Waals surface area contributed by atoms with Crippen LogP contribution in [-0.2, 0) is 9.59 Å². The summed E-state index contributed by atoms with van der Waals surface area (Å²) in [6, 6.07) is 12.7. The molecule has 1 saturated heterocycles. The molecule has 0 bridgehead atoms. The Morgan fingerprint density at radius 3 is 2.45 bits per heavy atom. The number of carbonyl (C=O) groups excluding carboxylic acids is 1. The van der Waals surface area contributed by atoms with Gasteiger partial charge in [0.15, 0.2) is 11.5 Å². The Bertz CT molecular complexity index is 1090. The van der Waals surface area contributed by atoms with Gasteiger partial charge in [0, 0.05) is 36.9 Å². The van der Waals surface area contributed by atoms with Crippen molar-refractivity contribution in [3.63, 3.8) is 0 Å². The third-order valence-corrected chi connectivity index (χ3v) is 8.01. The van der Waals surface area contributed by atoms with Crippen molar-refractivity contribution in [3.8, 4) is 17.2 Å². The summed E-state index contributed by atoms with van der Waals surface area (Å²) in [5, 5.41) is 11.4. The number of benzene rings is 2. The summed E-state index contributed by atoms with van der Waals surface area (Å²) in [4.78, 5) is 30.4. The fourth-order valence-electron chi connectivity index (χ4n) is 5.45. The number of ether oxygens (including phenoxy) is 3. The van der Waals surface area contributed by atoms with Gasteiger partial charge in [0.25, 0.3) is 0 Å². The predicted octanol–water partition coefficient (Wildman–Crippen LogP) is 5.07. The van der Waals surface area contributed by atoms with Crippen LogP contribution in [0.1, 0.15) is 55.7 Å². The normalized spacial score (nSPS) is 20.4. The number of nitrogens with zero attached hydrogens (tertiary/aromatic N) is 2. The van der Waals surface area contributed by atoms with E-state index in [1.54, 1.807) is 7.11 Å². The molecule has 1 amide bonds. The van der Waals surface area contributed by atoms with Crippen molar-refractivity contribution < 1.29 is 28.9 Å². The Balaban J connectivity index is 1.65. The number of hydrogen-bond donors (Lipinski definition) is 1. The SMILES string of the molecule is CCCCN(CCCCBr)C(=O)CN1CC(c2ccc3c(c2)OCO3)[C@H](C(=O)O)[C@H]1c1ccc(OC)cc1. The molecule has 0 saturated carbocycles. The minimum absolute atomic E-state index is 0.0435. The van der Waals surface area contributed by atoms with E-state index >= 15 is 0 Å². The molecule has 2 aliphatic rings. The van der Waals surface area contributed by atoms with Crippen LogP contribution in [0.2, 0.25) is 0 Å². The maximum Gasteiger partial charge on any atom is 0.309 e. The molecule has 0 aromatic heterocycles. The van der Waals surface area contributed by atoms with Gasteiger partial charge in [-0.3, -0.25) is 14.5 Å². The molecule has 0 aliphatic carbocycles. The van der Waals surface area contributed by atoms with E-state index in [0.29, 0.717) is 36.9 Å². The summed E-state index contributed by atoms with van der Waals surface area (Å²) in [7, 11) is 1.60. The highest BCUT2D eigenvalue weighted by Gasteiger charge is 2.48. The number of carboxylic acid groups (broad SMARTS) is 1. The van der Waals surface area contributed by atoms with Crippen LogP contribution in [0.5, 0.6) is 17.2 Å². The van der Waals surface area contributed by atoms with Gasteiger partial charge in [-0.15, -0.1) is 0 Å². The van der Waals surface area contributed by atoms with Gasteiger partial charge in [-0.1, -0.05) is 47.5 Å². The van der Waals surface area contributed by atoms with Gasteiger partial charge in [0.1, 0.15) is 5.75 Å². The van der Waals surface area contributed by atoms with Crippen molar-refractivity contribution in [2.75, 3.05) is 45.4 Å². The van der Waals surface area contributed by atoms with Crippen LogP contribution in [0.25, 0.3) is 0 Å². The highest BCUT2D eigenvalue weighted by Crippen LogP contribution is 2.47. The van der Waals surface area contributed by atoms with Crippen molar-refractivity contribution in [2.45, 2.75) is 44.6 Å². The summed E-state index contributed by atoms with van der Waals surface area (Å²) in [6.45, 7) is 4.31. The summed E-state index contributed by atoms with van der Waals surface area (Å²) in [5.41, 5.74) is 1.73. The number of amides is 1. The van der Waals surface area contributed by atoms with E-state index in [4.69, 9.17) is 14.2 Å². The lowest BCUT2D eigenvalue weighted by Crippen LogP contribution is -2.42. The zero-order valence-electron chi connectivity index (χ0n) is 22.1. The van der Waals surface area contributed by atoms with Crippen molar-refractivity contribution in [2.24, 2.45) is 5.92 Å². The standard InChI is InChI=1S/C29H37BrN2O6/c1-3-4-14-31(15-6-5-13-30)26(33)18-32-17-23(21-9-12-24-25(16-21)38-19-37-24)27(29(34)35)28(32)20-7-10-22(36-2)11-8-20/h7-12,16,23,27-28H,3-6,13-15,17-19H2,1-2H3,(H,34,35)/t23?,27-,28+/m0/s1. The number of aliphatic carboxylic acids is 1. The van der Waals surface area contributed by atoms with E-state index < -0.39 is 17.9 Å². The molecule has 2 aliphatic heterocycles. The molecule has 0 radical (unpaired) electrons. The van der Waals surface area contributed by atoms with Crippen LogP contribution in [0.15, 0.2) is 42.5 Å². The molecule has 9 heteroatoms. The molecule has 3 atom stereocenters. The van der Waals surface area contributed by atoms with E-state index in [-0.39, 0.29) is 25.2 Å². The number of unbranched alkanes of at least 4 members (excludes halogenated alkanes) is 2. The van der Waals surface area contributed by atoms with E-state index in [1.165, 1.54) is 0 Å². The second-order valence-electron chi connectivity index (χ2n) is 9.86. The average molecular weight is 590 g/mol. The predicted molar refractivity (Wildman–Crippen MR) is 148 cm³/mol. The second-order valence-corrected chi connectivity index (χ2v) is 10.7. The van der Waals surface area contributed by atoms with Crippen LogP contribution >= 0.6 is 15.9 Å². The lowest BCUT2D eigenvalue weighted by molar-refractivity contribution is -0.144. The fourth-order valence-corrected chi connectivity index (χ4v) is 5.85. The molecule has 2 aromatic carbocycles. The molecule has 4 rings (SSSR count). The lowest BCUT2D eigenvalue weighted by Gasteiger charge is -2.30. The van der Waals surface area contributed by atoms with Crippen LogP contribution in [0.3, 0.4) is 0 Å². The molecule has 1 fully saturated rings. The smallest absolute Gasteiger partial charge is 0.309 e. The summed E-state index contributed by atoms with van der Waals surface area (Å²) >= 11 is 3.48. The molecular weight excluding hydrogens is 552 g/mol. The van der Waals surface area contributed by atoms with Crippen LogP contribution in [-0.4, -0.2) is 72.2 Å². The second kappa shape index (κ2) is 13.3. The maximum atomic E-state index is 13.6. The number of hydrogen-bond acceptors (Lipinski definition) is 6. The monoisotopic (exact) mass is 588 g/mol. The number of likely N-dealkylation sites (tertiary alicyclic amines) is 1. The fraction of sp³-hybridized carbons (Fsp3) is 0.517. The minimum Gasteiger partial charge on any atom is -0.497 e. The summed E-state index contributed by atoms with van der Waals surface area (Å²) in [6.07, 6.45) is 3.88. The Morgan fingerprint density at radius 1 is 1.05 bits per heavy atom. The van der Waals surface area contributed by atoms with Gasteiger partial charge in [0.2, 0.25) is 12.7 Å². The quantitative estimate of drug-likeness (QED) is 0.258. The number of carboxylic acids is 1. The first-order chi connectivity index (χ1) is 18.5. The summed E-state index contributed by atoms with van der Waals surface area (Å²) < 4.78 is 16.4. The van der Waals surface area contributed by atoms with Gasteiger partial charge >= 0.3 is 5.97 Å². The number of methoxy groups -OCH3 is 1. The Kier molecular flexibility index (Phi) is 9.91. The minimum atomic E-state index is -0.886. The van der Waals surface area contributed by atoms with Gasteiger partial charge < -0.3 is 24.2 Å². The Labute approximate surface area is 233 Å². The van der Waals surface area contributed by atoms with Crippen molar-refractivity contribution in [1.82, 2.24) is 9.80 Å². The molecule has 1 unspecified atom stereocenters. The van der Waals surface area contributed by atoms with Crippen LogP contribution in [0, 0.1) is 5.92 Å². The Morgan fingerprint density at radius 2 is 1.76 bits per heavy atom. The lowest BCUT2D eigenvalue weighted by atomic mass is 9.82. The zero-order chi connectivity index (χ0) is 27.1. The molecule has 206 valence electrons. The third-order valence-electron chi connectivity index (χ3n) is 7.45. The van der Waals surface area contributed by atoms with Gasteiger partial charge in [-0.2, -0.15) is 0 Å². The van der Waals surface area contributed by atoms with Crippen molar-refractivity contribution in [1.29, 1.82) is 0 Å². The number of halogens is 1. The first-order valence-corrected chi connectivity index (χ1v) is 14.4. The highest BCUT2D eigenvalue weighted by molar-refractivity contribution is 9.09. The number of fused-ring (bicyclic) bond motifs is 1. The molecular formula is C29H37BrN2O6. The molecule has 2 heterocycles. The van der Waals surface area contributed by atoms with Gasteiger partial charge in [-0.05, 0) is 54.7 Å². The summed E-state index contributed by atoms with van der Waals surface area (Å²) in [5.74, 6) is 0.0808. The molecule has 8 nitrogen and oxygen atoms in total. The molecule has 2 aromatic rings. The van der Waals surface area contributed by atoms with Crippen molar-refractivity contribution in [3.05, 3.63) is 53.6 Å². The highest BCUT2D eigenvalue weighted by atomic mass is 79.9. The average Bonchev–Trinajstić information content (AvgIpc) is 3.55. The van der Waals surface area contributed by atoms with Crippen molar-refractivity contribution >= 4 is 27.8 Å². The molecule has 38 heavy (non-hydrogen) atoms.